The summed E-state index contributed by atoms with van der Waals surface area (Å²) in [6, 6.07) is 7.38. The molecule has 0 aromatic heterocycles. The van der Waals surface area contributed by atoms with Gasteiger partial charge in [0.05, 0.1) is 5.56 Å². The highest BCUT2D eigenvalue weighted by Crippen LogP contribution is 2.36. The summed E-state index contributed by atoms with van der Waals surface area (Å²) >= 11 is 0. The van der Waals surface area contributed by atoms with Crippen molar-refractivity contribution >= 4 is 5.97 Å². The number of carbonyl (C=O) groups is 1. The third-order valence-electron chi connectivity index (χ3n) is 4.27. The second kappa shape index (κ2) is 5.21. The highest BCUT2D eigenvalue weighted by Gasteiger charge is 2.37. The number of carboxylic acid groups (broad SMARTS) is 1. The molecule has 1 aromatic carbocycles. The van der Waals surface area contributed by atoms with Gasteiger partial charge in [0.15, 0.2) is 0 Å². The summed E-state index contributed by atoms with van der Waals surface area (Å²) in [7, 11) is 0. The number of nitrogens with zero attached hydrogens (tertiary/aromatic N) is 1. The molecule has 0 amide bonds. The molecular weight excluding hydrogens is 242 g/mol. The number of hydrogen-bond donors (Lipinski definition) is 1. The minimum absolute atomic E-state index is 0.296. The third-order valence-corrected chi connectivity index (χ3v) is 4.27. The van der Waals surface area contributed by atoms with Gasteiger partial charge in [0.2, 0.25) is 0 Å². The lowest BCUT2D eigenvalue weighted by Crippen LogP contribution is -2.35. The van der Waals surface area contributed by atoms with Crippen LogP contribution in [0.5, 0.6) is 5.75 Å². The summed E-state index contributed by atoms with van der Waals surface area (Å²) in [6.07, 6.45) is 4.12. The van der Waals surface area contributed by atoms with Gasteiger partial charge in [0, 0.05) is 19.1 Å². The molecule has 19 heavy (non-hydrogen) atoms. The van der Waals surface area contributed by atoms with Crippen molar-refractivity contribution in [3.05, 3.63) is 29.8 Å². The summed E-state index contributed by atoms with van der Waals surface area (Å²) < 4.78 is 5.68. The van der Waals surface area contributed by atoms with Crippen LogP contribution < -0.4 is 4.74 Å². The molecule has 2 fully saturated rings. The number of fused-ring (bicyclic) bond motifs is 2. The van der Waals surface area contributed by atoms with Crippen molar-refractivity contribution < 1.29 is 14.6 Å². The fourth-order valence-corrected chi connectivity index (χ4v) is 3.28. The maximum atomic E-state index is 10.7. The largest absolute Gasteiger partial charge is 0.492 e. The van der Waals surface area contributed by atoms with E-state index in [-0.39, 0.29) is 0 Å². The highest BCUT2D eigenvalue weighted by molar-refractivity contribution is 5.87. The zero-order valence-corrected chi connectivity index (χ0v) is 10.9. The van der Waals surface area contributed by atoms with Gasteiger partial charge in [-0.25, -0.2) is 4.79 Å². The van der Waals surface area contributed by atoms with Crippen LogP contribution in [0.4, 0.5) is 0 Å². The van der Waals surface area contributed by atoms with Crippen LogP contribution >= 0.6 is 0 Å². The Labute approximate surface area is 113 Å². The van der Waals surface area contributed by atoms with E-state index in [1.165, 1.54) is 25.8 Å². The quantitative estimate of drug-likeness (QED) is 0.883. The number of aromatic carboxylic acids is 1. The van der Waals surface area contributed by atoms with Crippen LogP contribution in [0.1, 0.15) is 29.6 Å². The second-order valence-corrected chi connectivity index (χ2v) is 5.51. The molecule has 4 nitrogen and oxygen atoms in total. The predicted octanol–water partition coefficient (Wildman–Crippen LogP) is 2.25. The van der Waals surface area contributed by atoms with Crippen molar-refractivity contribution in [2.24, 2.45) is 5.92 Å². The fraction of sp³-hybridized carbons (Fsp3) is 0.533. The van der Waals surface area contributed by atoms with Gasteiger partial charge in [0.1, 0.15) is 12.4 Å². The van der Waals surface area contributed by atoms with Crippen LogP contribution in [0.2, 0.25) is 0 Å². The van der Waals surface area contributed by atoms with E-state index in [1.807, 2.05) is 0 Å². The van der Waals surface area contributed by atoms with Gasteiger partial charge < -0.3 is 9.84 Å². The molecule has 1 saturated carbocycles. The Morgan fingerprint density at radius 1 is 1.32 bits per heavy atom. The topological polar surface area (TPSA) is 49.8 Å². The first-order valence-electron chi connectivity index (χ1n) is 6.92. The van der Waals surface area contributed by atoms with Crippen LogP contribution in [-0.2, 0) is 0 Å². The van der Waals surface area contributed by atoms with E-state index in [0.717, 1.165) is 24.3 Å². The molecular formula is C15H19NO3. The molecule has 1 saturated heterocycles. The van der Waals surface area contributed by atoms with Crippen molar-refractivity contribution in [3.63, 3.8) is 0 Å². The predicted molar refractivity (Wildman–Crippen MR) is 71.6 cm³/mol. The zero-order chi connectivity index (χ0) is 13.2. The zero-order valence-electron chi connectivity index (χ0n) is 10.9. The number of hydrogen-bond acceptors (Lipinski definition) is 3. The molecule has 0 spiro atoms. The van der Waals surface area contributed by atoms with Crippen molar-refractivity contribution in [3.8, 4) is 5.75 Å². The minimum Gasteiger partial charge on any atom is -0.492 e. The van der Waals surface area contributed by atoms with Gasteiger partial charge in [-0.3, -0.25) is 4.90 Å². The van der Waals surface area contributed by atoms with Crippen molar-refractivity contribution in [1.82, 2.24) is 4.90 Å². The second-order valence-electron chi connectivity index (χ2n) is 5.51. The molecule has 1 heterocycles. The summed E-state index contributed by atoms with van der Waals surface area (Å²) in [5, 5.41) is 8.81. The number of benzene rings is 1. The van der Waals surface area contributed by atoms with Gasteiger partial charge in [-0.2, -0.15) is 0 Å². The molecule has 1 aliphatic heterocycles. The van der Waals surface area contributed by atoms with Crippen molar-refractivity contribution in [2.75, 3.05) is 19.7 Å². The Bertz CT molecular complexity index is 457. The van der Waals surface area contributed by atoms with Crippen LogP contribution in [0.25, 0.3) is 0 Å². The molecule has 2 atom stereocenters. The van der Waals surface area contributed by atoms with E-state index in [1.54, 1.807) is 24.3 Å². The van der Waals surface area contributed by atoms with E-state index in [9.17, 15) is 4.79 Å². The molecule has 2 aliphatic rings. The van der Waals surface area contributed by atoms with Crippen molar-refractivity contribution in [1.29, 1.82) is 0 Å². The van der Waals surface area contributed by atoms with Gasteiger partial charge in [-0.1, -0.05) is 0 Å². The SMILES string of the molecule is O=C(O)c1ccc(OCCN2CC3CCC2C3)cc1. The lowest BCUT2D eigenvalue weighted by molar-refractivity contribution is 0.0697. The Morgan fingerprint density at radius 3 is 2.68 bits per heavy atom. The first-order valence-corrected chi connectivity index (χ1v) is 6.92. The Hall–Kier alpha value is -1.55. The Morgan fingerprint density at radius 2 is 2.11 bits per heavy atom. The number of ether oxygens (including phenoxy) is 1. The number of carboxylic acids is 1. The average molecular weight is 261 g/mol. The average Bonchev–Trinajstić information content (AvgIpc) is 3.02. The van der Waals surface area contributed by atoms with E-state index >= 15 is 0 Å². The smallest absolute Gasteiger partial charge is 0.335 e. The standard InChI is InChI=1S/C15H19NO3/c17-15(18)12-2-5-14(6-3-12)19-8-7-16-10-11-1-4-13(16)9-11/h2-3,5-6,11,13H,1,4,7-10H2,(H,17,18). The van der Waals surface area contributed by atoms with Gasteiger partial charge >= 0.3 is 5.97 Å². The van der Waals surface area contributed by atoms with Gasteiger partial charge in [-0.05, 0) is 49.4 Å². The molecule has 4 heteroatoms. The summed E-state index contributed by atoms with van der Waals surface area (Å²) in [4.78, 5) is 13.3. The van der Waals surface area contributed by atoms with Gasteiger partial charge in [-0.15, -0.1) is 0 Å². The highest BCUT2D eigenvalue weighted by atomic mass is 16.5. The van der Waals surface area contributed by atoms with Crippen LogP contribution in [0.15, 0.2) is 24.3 Å². The number of rotatable bonds is 5. The van der Waals surface area contributed by atoms with E-state index in [2.05, 4.69) is 4.90 Å². The Kier molecular flexibility index (Phi) is 3.42. The molecule has 1 aromatic rings. The maximum Gasteiger partial charge on any atom is 0.335 e. The summed E-state index contributed by atoms with van der Waals surface area (Å²) in [6.45, 7) is 2.88. The molecule has 3 rings (SSSR count). The Balaban J connectivity index is 1.46. The molecule has 1 N–H and O–H groups in total. The van der Waals surface area contributed by atoms with Crippen LogP contribution in [0, 0.1) is 5.92 Å². The van der Waals surface area contributed by atoms with E-state index in [4.69, 9.17) is 9.84 Å². The van der Waals surface area contributed by atoms with Crippen LogP contribution in [0.3, 0.4) is 0 Å². The first-order chi connectivity index (χ1) is 9.22. The lowest BCUT2D eigenvalue weighted by Gasteiger charge is -2.26. The van der Waals surface area contributed by atoms with Crippen LogP contribution in [-0.4, -0.2) is 41.7 Å². The van der Waals surface area contributed by atoms with E-state index < -0.39 is 5.97 Å². The molecule has 0 radical (unpaired) electrons. The monoisotopic (exact) mass is 261 g/mol. The fourth-order valence-electron chi connectivity index (χ4n) is 3.28. The minimum atomic E-state index is -0.903. The summed E-state index contributed by atoms with van der Waals surface area (Å²) in [5.74, 6) is 0.758. The third kappa shape index (κ3) is 2.73. The molecule has 1 aliphatic carbocycles. The molecule has 2 bridgehead atoms. The molecule has 102 valence electrons. The van der Waals surface area contributed by atoms with Gasteiger partial charge in [0.25, 0.3) is 0 Å². The summed E-state index contributed by atoms with van der Waals surface area (Å²) in [5.41, 5.74) is 0.296. The maximum absolute atomic E-state index is 10.7. The van der Waals surface area contributed by atoms with E-state index in [0.29, 0.717) is 12.2 Å². The lowest BCUT2D eigenvalue weighted by atomic mass is 10.1. The number of piperidine rings is 1. The number of likely N-dealkylation sites (tertiary alicyclic amines) is 1. The first kappa shape index (κ1) is 12.5. The normalized spacial score (nSPS) is 25.7. The van der Waals surface area contributed by atoms with Crippen molar-refractivity contribution in [2.45, 2.75) is 25.3 Å². The molecule has 2 unspecified atom stereocenters.